The van der Waals surface area contributed by atoms with Gasteiger partial charge in [-0.2, -0.15) is 4.98 Å². The van der Waals surface area contributed by atoms with Gasteiger partial charge in [0.25, 0.3) is 5.91 Å². The average Bonchev–Trinajstić information content (AvgIpc) is 3.08. The minimum absolute atomic E-state index is 0.00186. The largest absolute Gasteiger partial charge is 0.340 e. The van der Waals surface area contributed by atoms with E-state index in [1.807, 2.05) is 0 Å². The van der Waals surface area contributed by atoms with Gasteiger partial charge in [-0.3, -0.25) is 14.5 Å². The second-order valence-electron chi connectivity index (χ2n) is 5.50. The Morgan fingerprint density at radius 1 is 1.45 bits per heavy atom. The van der Waals surface area contributed by atoms with Crippen molar-refractivity contribution in [1.29, 1.82) is 0 Å². The molecule has 1 aromatic rings. The molecular formula is C13H17N5O4. The molecule has 0 saturated carbocycles. The van der Waals surface area contributed by atoms with Crippen LogP contribution >= 0.6 is 0 Å². The highest BCUT2D eigenvalue weighted by Crippen LogP contribution is 2.25. The van der Waals surface area contributed by atoms with Crippen LogP contribution in [-0.4, -0.2) is 64.0 Å². The number of amides is 4. The lowest BCUT2D eigenvalue weighted by molar-refractivity contribution is -0.137. The van der Waals surface area contributed by atoms with Crippen LogP contribution in [0.2, 0.25) is 0 Å². The lowest BCUT2D eigenvalue weighted by Crippen LogP contribution is -2.46. The summed E-state index contributed by atoms with van der Waals surface area (Å²) in [6, 6.07) is -0.514. The van der Waals surface area contributed by atoms with Gasteiger partial charge < -0.3 is 14.7 Å². The number of hydrogen-bond donors (Lipinski definition) is 1. The summed E-state index contributed by atoms with van der Waals surface area (Å²) in [4.78, 5) is 42.1. The summed E-state index contributed by atoms with van der Waals surface area (Å²) in [6.45, 7) is 2.54. The molecule has 2 fully saturated rings. The van der Waals surface area contributed by atoms with Gasteiger partial charge in [0, 0.05) is 13.1 Å². The van der Waals surface area contributed by atoms with E-state index in [1.165, 1.54) is 0 Å². The molecule has 9 heteroatoms. The predicted octanol–water partition coefficient (Wildman–Crippen LogP) is -0.364. The number of likely N-dealkylation sites (tertiary alicyclic amines) is 1. The monoisotopic (exact) mass is 307 g/mol. The minimum Gasteiger partial charge on any atom is -0.340 e. The molecule has 3 rings (SSSR count). The summed E-state index contributed by atoms with van der Waals surface area (Å²) >= 11 is 0. The smallest absolute Gasteiger partial charge is 0.325 e. The number of rotatable bonds is 3. The fourth-order valence-corrected chi connectivity index (χ4v) is 2.73. The molecule has 0 aliphatic carbocycles. The van der Waals surface area contributed by atoms with Crippen LogP contribution in [0.15, 0.2) is 4.52 Å². The highest BCUT2D eigenvalue weighted by Gasteiger charge is 2.34. The van der Waals surface area contributed by atoms with Crippen LogP contribution in [-0.2, 0) is 9.59 Å². The molecule has 1 atom stereocenters. The Kier molecular flexibility index (Phi) is 3.78. The van der Waals surface area contributed by atoms with E-state index >= 15 is 0 Å². The van der Waals surface area contributed by atoms with Crippen molar-refractivity contribution in [2.75, 3.05) is 26.2 Å². The third kappa shape index (κ3) is 2.78. The highest BCUT2D eigenvalue weighted by atomic mass is 16.5. The topological polar surface area (TPSA) is 109 Å². The Hall–Kier alpha value is -2.45. The first-order valence-corrected chi connectivity index (χ1v) is 7.21. The Morgan fingerprint density at radius 3 is 2.91 bits per heavy atom. The van der Waals surface area contributed by atoms with E-state index in [0.29, 0.717) is 24.8 Å². The molecule has 0 unspecified atom stereocenters. The molecule has 3 heterocycles. The third-order valence-corrected chi connectivity index (χ3v) is 3.90. The van der Waals surface area contributed by atoms with E-state index in [1.54, 1.807) is 11.8 Å². The third-order valence-electron chi connectivity index (χ3n) is 3.90. The second kappa shape index (κ2) is 5.74. The molecule has 1 aromatic heterocycles. The predicted molar refractivity (Wildman–Crippen MR) is 72.7 cm³/mol. The number of hydrogen-bond acceptors (Lipinski definition) is 6. The lowest BCUT2D eigenvalue weighted by Gasteiger charge is -2.31. The van der Waals surface area contributed by atoms with Gasteiger partial charge in [-0.15, -0.1) is 0 Å². The highest BCUT2D eigenvalue weighted by molar-refractivity contribution is 6.04. The number of aromatic nitrogens is 2. The number of carbonyl (C=O) groups excluding carboxylic acids is 3. The van der Waals surface area contributed by atoms with Crippen LogP contribution in [0.25, 0.3) is 0 Å². The first-order valence-electron chi connectivity index (χ1n) is 7.21. The van der Waals surface area contributed by atoms with Crippen molar-refractivity contribution in [3.8, 4) is 0 Å². The fourth-order valence-electron chi connectivity index (χ4n) is 2.73. The number of nitrogens with zero attached hydrogens (tertiary/aromatic N) is 4. The Labute approximate surface area is 126 Å². The molecule has 0 radical (unpaired) electrons. The summed E-state index contributed by atoms with van der Waals surface area (Å²) < 4.78 is 5.17. The number of aryl methyl sites for hydroxylation is 1. The van der Waals surface area contributed by atoms with E-state index < -0.39 is 6.03 Å². The molecule has 2 aliphatic heterocycles. The molecular weight excluding hydrogens is 290 g/mol. The summed E-state index contributed by atoms with van der Waals surface area (Å²) in [7, 11) is 0. The van der Waals surface area contributed by atoms with Crippen molar-refractivity contribution in [2.24, 2.45) is 0 Å². The normalized spacial score (nSPS) is 22.1. The zero-order chi connectivity index (χ0) is 15.7. The van der Waals surface area contributed by atoms with E-state index in [0.717, 1.165) is 17.7 Å². The summed E-state index contributed by atoms with van der Waals surface area (Å²) in [5.74, 6) is 0.482. The molecule has 9 nitrogen and oxygen atoms in total. The van der Waals surface area contributed by atoms with Crippen LogP contribution in [0.5, 0.6) is 0 Å². The van der Waals surface area contributed by atoms with Gasteiger partial charge in [-0.05, 0) is 19.8 Å². The van der Waals surface area contributed by atoms with Gasteiger partial charge in [-0.1, -0.05) is 5.16 Å². The van der Waals surface area contributed by atoms with Crippen molar-refractivity contribution in [2.45, 2.75) is 25.7 Å². The first kappa shape index (κ1) is 14.5. The number of imide groups is 1. The second-order valence-corrected chi connectivity index (χ2v) is 5.50. The van der Waals surface area contributed by atoms with Crippen LogP contribution in [0.3, 0.4) is 0 Å². The molecule has 4 amide bonds. The molecule has 2 aliphatic rings. The zero-order valence-corrected chi connectivity index (χ0v) is 12.2. The van der Waals surface area contributed by atoms with Crippen molar-refractivity contribution in [1.82, 2.24) is 25.3 Å². The Bertz CT molecular complexity index is 597. The molecule has 2 saturated heterocycles. The average molecular weight is 307 g/mol. The standard InChI is InChI=1S/C13H17N5O4/c1-8-15-12(22-16-8)9-3-2-4-17(6-9)11(20)7-18-10(19)5-14-13(18)21/h9H,2-7H2,1H3,(H,14,21)/t9-/m0/s1. The van der Waals surface area contributed by atoms with E-state index in [9.17, 15) is 14.4 Å². The molecule has 0 bridgehead atoms. The molecule has 0 spiro atoms. The van der Waals surface area contributed by atoms with Gasteiger partial charge in [0.1, 0.15) is 6.54 Å². The maximum Gasteiger partial charge on any atom is 0.325 e. The summed E-state index contributed by atoms with van der Waals surface area (Å²) in [5, 5.41) is 6.17. The maximum absolute atomic E-state index is 12.3. The quantitative estimate of drug-likeness (QED) is 0.764. The number of piperidine rings is 1. The van der Waals surface area contributed by atoms with Gasteiger partial charge in [-0.25, -0.2) is 4.79 Å². The summed E-state index contributed by atoms with van der Waals surface area (Å²) in [6.07, 6.45) is 1.69. The molecule has 0 aromatic carbocycles. The number of urea groups is 1. The van der Waals surface area contributed by atoms with E-state index in [-0.39, 0.29) is 30.8 Å². The molecule has 1 N–H and O–H groups in total. The van der Waals surface area contributed by atoms with Crippen LogP contribution in [0, 0.1) is 6.92 Å². The van der Waals surface area contributed by atoms with Gasteiger partial charge in [0.15, 0.2) is 5.82 Å². The minimum atomic E-state index is -0.514. The van der Waals surface area contributed by atoms with Gasteiger partial charge in [0.2, 0.25) is 11.8 Å². The molecule has 118 valence electrons. The van der Waals surface area contributed by atoms with Gasteiger partial charge >= 0.3 is 6.03 Å². The number of nitrogens with one attached hydrogen (secondary N) is 1. The van der Waals surface area contributed by atoms with E-state index in [2.05, 4.69) is 15.5 Å². The van der Waals surface area contributed by atoms with E-state index in [4.69, 9.17) is 4.52 Å². The number of carbonyl (C=O) groups is 3. The summed E-state index contributed by atoms with van der Waals surface area (Å²) in [5.41, 5.74) is 0. The van der Waals surface area contributed by atoms with Crippen LogP contribution < -0.4 is 5.32 Å². The van der Waals surface area contributed by atoms with Crippen molar-refractivity contribution < 1.29 is 18.9 Å². The van der Waals surface area contributed by atoms with Crippen molar-refractivity contribution in [3.63, 3.8) is 0 Å². The fraction of sp³-hybridized carbons (Fsp3) is 0.615. The Balaban J connectivity index is 1.63. The molecule has 22 heavy (non-hydrogen) atoms. The van der Waals surface area contributed by atoms with Crippen LogP contribution in [0.1, 0.15) is 30.5 Å². The van der Waals surface area contributed by atoms with Crippen molar-refractivity contribution in [3.05, 3.63) is 11.7 Å². The lowest BCUT2D eigenvalue weighted by atomic mass is 9.98. The SMILES string of the molecule is Cc1noc([C@H]2CCCN(C(=O)CN3C(=O)CNC3=O)C2)n1. The van der Waals surface area contributed by atoms with Crippen LogP contribution in [0.4, 0.5) is 4.79 Å². The Morgan fingerprint density at radius 2 is 2.27 bits per heavy atom. The maximum atomic E-state index is 12.3. The zero-order valence-electron chi connectivity index (χ0n) is 12.2. The van der Waals surface area contributed by atoms with Crippen molar-refractivity contribution >= 4 is 17.8 Å². The van der Waals surface area contributed by atoms with Gasteiger partial charge in [0.05, 0.1) is 12.5 Å². The first-order chi connectivity index (χ1) is 10.5.